The van der Waals surface area contributed by atoms with Crippen LogP contribution in [0.25, 0.3) is 0 Å². The van der Waals surface area contributed by atoms with Crippen molar-refractivity contribution in [3.05, 3.63) is 107 Å². The highest BCUT2D eigenvalue weighted by atomic mass is 32.2. The Labute approximate surface area is 175 Å². The monoisotopic (exact) mass is 419 g/mol. The van der Waals surface area contributed by atoms with Gasteiger partial charge in [-0.15, -0.1) is 0 Å². The quantitative estimate of drug-likeness (QED) is 0.665. The lowest BCUT2D eigenvalue weighted by Crippen LogP contribution is -2.38. The third-order valence-corrected chi connectivity index (χ3v) is 6.56. The summed E-state index contributed by atoms with van der Waals surface area (Å²) >= 11 is 0. The summed E-state index contributed by atoms with van der Waals surface area (Å²) in [7, 11) is -3.88. The van der Waals surface area contributed by atoms with Crippen LogP contribution in [0.1, 0.15) is 34.7 Å². The van der Waals surface area contributed by atoms with Crippen LogP contribution in [0.3, 0.4) is 0 Å². The Morgan fingerprint density at radius 1 is 0.900 bits per heavy atom. The summed E-state index contributed by atoms with van der Waals surface area (Å²) in [5, 5.41) is 4.55. The van der Waals surface area contributed by atoms with Crippen LogP contribution in [-0.4, -0.2) is 24.5 Å². The van der Waals surface area contributed by atoms with Crippen LogP contribution in [0.5, 0.6) is 0 Å². The summed E-state index contributed by atoms with van der Waals surface area (Å²) in [5.41, 5.74) is 8.96. The number of nitrogens with zero attached hydrogens (tertiary/aromatic N) is 2. The number of primary amides is 1. The van der Waals surface area contributed by atoms with Gasteiger partial charge in [-0.05, 0) is 11.1 Å². The number of hydrazone groups is 1. The lowest BCUT2D eigenvalue weighted by Gasteiger charge is -2.34. The molecule has 0 aliphatic carbocycles. The van der Waals surface area contributed by atoms with Crippen molar-refractivity contribution in [2.75, 3.05) is 0 Å². The smallest absolute Gasteiger partial charge is 0.254 e. The maximum atomic E-state index is 13.4. The van der Waals surface area contributed by atoms with Crippen molar-refractivity contribution in [2.24, 2.45) is 10.8 Å². The molecule has 0 aromatic heterocycles. The van der Waals surface area contributed by atoms with E-state index in [0.29, 0.717) is 16.8 Å². The molecule has 6 nitrogen and oxygen atoms in total. The van der Waals surface area contributed by atoms with E-state index in [1.807, 2.05) is 60.7 Å². The fourth-order valence-corrected chi connectivity index (χ4v) is 5.17. The topological polar surface area (TPSA) is 92.8 Å². The fourth-order valence-electron chi connectivity index (χ4n) is 3.64. The highest BCUT2D eigenvalue weighted by Gasteiger charge is 2.37. The molecule has 2 N–H and O–H groups in total. The highest BCUT2D eigenvalue weighted by molar-refractivity contribution is 7.88. The lowest BCUT2D eigenvalue weighted by molar-refractivity contribution is -0.118. The Bertz CT molecular complexity index is 1190. The first-order valence-electron chi connectivity index (χ1n) is 9.53. The third kappa shape index (κ3) is 3.97. The number of hydrogen-bond acceptors (Lipinski definition) is 4. The fraction of sp³-hybridized carbons (Fsp3) is 0.130. The Morgan fingerprint density at radius 3 is 2.17 bits per heavy atom. The molecule has 3 aromatic carbocycles. The average Bonchev–Trinajstić information content (AvgIpc) is 2.74. The van der Waals surface area contributed by atoms with Crippen molar-refractivity contribution in [3.8, 4) is 0 Å². The second kappa shape index (κ2) is 8.12. The van der Waals surface area contributed by atoms with Crippen molar-refractivity contribution < 1.29 is 13.2 Å². The van der Waals surface area contributed by atoms with Crippen LogP contribution in [0.4, 0.5) is 0 Å². The largest absolute Gasteiger partial charge is 0.370 e. The molecule has 1 aliphatic rings. The van der Waals surface area contributed by atoms with E-state index in [4.69, 9.17) is 5.73 Å². The minimum atomic E-state index is -3.88. The first-order chi connectivity index (χ1) is 14.5. The van der Waals surface area contributed by atoms with Gasteiger partial charge in [0.1, 0.15) is 0 Å². The molecule has 1 aliphatic heterocycles. The van der Waals surface area contributed by atoms with Gasteiger partial charge in [-0.3, -0.25) is 4.79 Å². The third-order valence-electron chi connectivity index (χ3n) is 4.96. The Balaban J connectivity index is 1.86. The van der Waals surface area contributed by atoms with E-state index in [1.165, 1.54) is 0 Å². The van der Waals surface area contributed by atoms with Gasteiger partial charge in [0.2, 0.25) is 5.91 Å². The maximum absolute atomic E-state index is 13.4. The second-order valence-corrected chi connectivity index (χ2v) is 8.93. The van der Waals surface area contributed by atoms with Gasteiger partial charge in [0, 0.05) is 11.1 Å². The Hall–Kier alpha value is -3.45. The molecule has 0 saturated carbocycles. The molecule has 1 unspecified atom stereocenters. The van der Waals surface area contributed by atoms with E-state index in [0.717, 1.165) is 15.5 Å². The number of nitrogens with two attached hydrogens (primary N) is 1. The van der Waals surface area contributed by atoms with Gasteiger partial charge in [-0.2, -0.15) is 9.52 Å². The zero-order valence-corrected chi connectivity index (χ0v) is 17.0. The minimum Gasteiger partial charge on any atom is -0.370 e. The van der Waals surface area contributed by atoms with E-state index < -0.39 is 22.0 Å². The number of carbonyl (C=O) groups is 1. The molecule has 0 bridgehead atoms. The molecule has 30 heavy (non-hydrogen) atoms. The molecule has 4 rings (SSSR count). The van der Waals surface area contributed by atoms with E-state index in [1.54, 1.807) is 24.3 Å². The average molecular weight is 420 g/mol. The predicted octanol–water partition coefficient (Wildman–Crippen LogP) is 3.20. The Kier molecular flexibility index (Phi) is 5.37. The van der Waals surface area contributed by atoms with Gasteiger partial charge < -0.3 is 5.73 Å². The number of sulfonamides is 1. The van der Waals surface area contributed by atoms with Crippen molar-refractivity contribution in [2.45, 2.75) is 18.2 Å². The summed E-state index contributed by atoms with van der Waals surface area (Å²) in [6.45, 7) is 0. The van der Waals surface area contributed by atoms with Crippen LogP contribution in [-0.2, 0) is 20.6 Å². The summed E-state index contributed by atoms with van der Waals surface area (Å²) in [6, 6.07) is 24.9. The van der Waals surface area contributed by atoms with Gasteiger partial charge in [-0.1, -0.05) is 84.9 Å². The van der Waals surface area contributed by atoms with Crippen molar-refractivity contribution in [1.29, 1.82) is 0 Å². The maximum Gasteiger partial charge on any atom is 0.254 e. The second-order valence-electron chi connectivity index (χ2n) is 7.10. The number of hydrogen-bond donors (Lipinski definition) is 1. The van der Waals surface area contributed by atoms with Crippen LogP contribution in [0.15, 0.2) is 90.0 Å². The highest BCUT2D eigenvalue weighted by Crippen LogP contribution is 2.36. The zero-order chi connectivity index (χ0) is 21.1. The van der Waals surface area contributed by atoms with Crippen molar-refractivity contribution in [1.82, 2.24) is 4.41 Å². The standard InChI is InChI=1S/C23H21N3O3S/c24-22(27)15-21-19-13-7-8-14-20(19)23(18-11-5-2-6-12-18)25-26(21)30(28,29)16-17-9-3-1-4-10-17/h1-14,21H,15-16H2,(H2,24,27). The molecule has 1 amide bonds. The lowest BCUT2D eigenvalue weighted by atomic mass is 9.91. The van der Waals surface area contributed by atoms with Crippen molar-refractivity contribution in [3.63, 3.8) is 0 Å². The predicted molar refractivity (Wildman–Crippen MR) is 116 cm³/mol. The van der Waals surface area contributed by atoms with Crippen LogP contribution < -0.4 is 5.73 Å². The molecule has 0 spiro atoms. The summed E-state index contributed by atoms with van der Waals surface area (Å²) in [6.07, 6.45) is -0.156. The van der Waals surface area contributed by atoms with E-state index >= 15 is 0 Å². The molecule has 0 radical (unpaired) electrons. The van der Waals surface area contributed by atoms with Crippen LogP contribution in [0.2, 0.25) is 0 Å². The van der Waals surface area contributed by atoms with E-state index in [9.17, 15) is 13.2 Å². The molecular formula is C23H21N3O3S. The molecule has 1 atom stereocenters. The van der Waals surface area contributed by atoms with Gasteiger partial charge in [0.05, 0.1) is 23.9 Å². The summed E-state index contributed by atoms with van der Waals surface area (Å²) in [5.74, 6) is -0.815. The molecule has 7 heteroatoms. The van der Waals surface area contributed by atoms with E-state index in [-0.39, 0.29) is 12.2 Å². The number of rotatable bonds is 6. The minimum absolute atomic E-state index is 0.156. The molecule has 3 aromatic rings. The molecule has 0 fully saturated rings. The van der Waals surface area contributed by atoms with Gasteiger partial charge in [-0.25, -0.2) is 8.42 Å². The summed E-state index contributed by atoms with van der Waals surface area (Å²) in [4.78, 5) is 11.8. The van der Waals surface area contributed by atoms with Gasteiger partial charge in [0.15, 0.2) is 0 Å². The van der Waals surface area contributed by atoms with Crippen LogP contribution in [0, 0.1) is 0 Å². The number of benzene rings is 3. The van der Waals surface area contributed by atoms with Gasteiger partial charge in [0.25, 0.3) is 10.0 Å². The summed E-state index contributed by atoms with van der Waals surface area (Å²) < 4.78 is 27.9. The van der Waals surface area contributed by atoms with E-state index in [2.05, 4.69) is 5.10 Å². The van der Waals surface area contributed by atoms with Crippen molar-refractivity contribution >= 4 is 21.6 Å². The number of carbonyl (C=O) groups excluding carboxylic acids is 1. The first-order valence-corrected chi connectivity index (χ1v) is 11.1. The van der Waals surface area contributed by atoms with Gasteiger partial charge >= 0.3 is 0 Å². The van der Waals surface area contributed by atoms with Crippen LogP contribution >= 0.6 is 0 Å². The molecular weight excluding hydrogens is 398 g/mol. The number of amides is 1. The normalized spacial score (nSPS) is 15.9. The first kappa shape index (κ1) is 19.8. The number of fused-ring (bicyclic) bond motifs is 1. The molecule has 1 heterocycles. The Morgan fingerprint density at radius 2 is 1.50 bits per heavy atom. The molecule has 152 valence electrons. The molecule has 0 saturated heterocycles. The SMILES string of the molecule is NC(=O)CC1c2ccccc2C(c2ccccc2)=NN1S(=O)(=O)Cc1ccccc1. The zero-order valence-electron chi connectivity index (χ0n) is 16.2.